The third-order valence-electron chi connectivity index (χ3n) is 4.76. The van der Waals surface area contributed by atoms with Crippen molar-refractivity contribution in [2.75, 3.05) is 26.1 Å². The van der Waals surface area contributed by atoms with Crippen molar-refractivity contribution in [1.82, 2.24) is 0 Å². The number of thiophene rings is 1. The van der Waals surface area contributed by atoms with Crippen LogP contribution in [0.2, 0.25) is 0 Å². The molecule has 0 spiro atoms. The first-order valence-electron chi connectivity index (χ1n) is 10.2. The van der Waals surface area contributed by atoms with E-state index in [0.29, 0.717) is 32.7 Å². The van der Waals surface area contributed by atoms with Gasteiger partial charge >= 0.3 is 5.97 Å². The summed E-state index contributed by atoms with van der Waals surface area (Å²) < 4.78 is 16.4. The monoisotopic (exact) mass is 560 g/mol. The summed E-state index contributed by atoms with van der Waals surface area (Å²) in [5.41, 5.74) is 1.59. The number of benzene rings is 2. The molecular weight excluding hydrogens is 540 g/mol. The van der Waals surface area contributed by atoms with Crippen molar-refractivity contribution in [3.8, 4) is 22.6 Å². The number of halogens is 1. The van der Waals surface area contributed by atoms with Gasteiger partial charge in [0, 0.05) is 29.2 Å². The highest BCUT2D eigenvalue weighted by molar-refractivity contribution is 9.10. The van der Waals surface area contributed by atoms with Crippen molar-refractivity contribution in [1.29, 1.82) is 0 Å². The molecule has 35 heavy (non-hydrogen) atoms. The van der Waals surface area contributed by atoms with E-state index in [9.17, 15) is 19.7 Å². The van der Waals surface area contributed by atoms with Crippen LogP contribution >= 0.6 is 27.3 Å². The Bertz CT molecular complexity index is 1300. The Balaban J connectivity index is 1.91. The fraction of sp³-hybridized carbons (Fsp3) is 0.167. The highest BCUT2D eigenvalue weighted by atomic mass is 79.9. The molecule has 0 saturated carbocycles. The van der Waals surface area contributed by atoms with Crippen molar-refractivity contribution in [2.45, 2.75) is 6.92 Å². The Labute approximate surface area is 213 Å². The normalized spacial score (nSPS) is 10.7. The number of ether oxygens (including phenoxy) is 3. The van der Waals surface area contributed by atoms with Crippen molar-refractivity contribution < 1.29 is 28.7 Å². The number of anilines is 1. The van der Waals surface area contributed by atoms with Gasteiger partial charge in [-0.2, -0.15) is 0 Å². The van der Waals surface area contributed by atoms with E-state index in [1.54, 1.807) is 36.6 Å². The lowest BCUT2D eigenvalue weighted by atomic mass is 10.0. The Morgan fingerprint density at radius 3 is 2.63 bits per heavy atom. The number of rotatable bonds is 9. The molecule has 0 atom stereocenters. The van der Waals surface area contributed by atoms with E-state index in [1.165, 1.54) is 38.5 Å². The van der Waals surface area contributed by atoms with E-state index in [4.69, 9.17) is 14.2 Å². The summed E-state index contributed by atoms with van der Waals surface area (Å²) in [5, 5.41) is 15.8. The molecule has 0 fully saturated rings. The van der Waals surface area contributed by atoms with Crippen molar-refractivity contribution in [3.63, 3.8) is 0 Å². The van der Waals surface area contributed by atoms with Crippen molar-refractivity contribution >= 4 is 55.9 Å². The van der Waals surface area contributed by atoms with Crippen LogP contribution in [0.5, 0.6) is 11.5 Å². The minimum Gasteiger partial charge on any atom is -0.493 e. The second-order valence-corrected chi connectivity index (χ2v) is 8.68. The van der Waals surface area contributed by atoms with Crippen LogP contribution in [0.4, 0.5) is 10.7 Å². The molecule has 182 valence electrons. The fourth-order valence-electron chi connectivity index (χ4n) is 3.21. The molecule has 0 aliphatic heterocycles. The largest absolute Gasteiger partial charge is 0.493 e. The van der Waals surface area contributed by atoms with Crippen LogP contribution in [-0.4, -0.2) is 37.6 Å². The lowest BCUT2D eigenvalue weighted by molar-refractivity contribution is -0.384. The summed E-state index contributed by atoms with van der Waals surface area (Å²) >= 11 is 4.53. The lowest BCUT2D eigenvalue weighted by Crippen LogP contribution is -2.12. The van der Waals surface area contributed by atoms with Crippen LogP contribution in [0.3, 0.4) is 0 Å². The molecule has 0 saturated heterocycles. The average Bonchev–Trinajstić information content (AvgIpc) is 3.26. The van der Waals surface area contributed by atoms with Gasteiger partial charge in [0.05, 0.1) is 30.2 Å². The van der Waals surface area contributed by atoms with Gasteiger partial charge in [0.25, 0.3) is 5.69 Å². The topological polar surface area (TPSA) is 117 Å². The summed E-state index contributed by atoms with van der Waals surface area (Å²) in [6.45, 7) is 1.80. The molecule has 9 nitrogen and oxygen atoms in total. The van der Waals surface area contributed by atoms with Gasteiger partial charge < -0.3 is 19.5 Å². The molecule has 0 radical (unpaired) electrons. The predicted octanol–water partition coefficient (Wildman–Crippen LogP) is 5.93. The molecule has 0 aliphatic carbocycles. The van der Waals surface area contributed by atoms with E-state index < -0.39 is 16.8 Å². The third kappa shape index (κ3) is 6.06. The number of nitro groups is 1. The van der Waals surface area contributed by atoms with Crippen LogP contribution in [0.25, 0.3) is 17.2 Å². The van der Waals surface area contributed by atoms with E-state index in [2.05, 4.69) is 21.2 Å². The van der Waals surface area contributed by atoms with E-state index in [-0.39, 0.29) is 22.9 Å². The number of nitrogens with one attached hydrogen (secondary N) is 1. The Morgan fingerprint density at radius 1 is 1.20 bits per heavy atom. The smallest absolute Gasteiger partial charge is 0.341 e. The van der Waals surface area contributed by atoms with Crippen LogP contribution in [-0.2, 0) is 9.53 Å². The van der Waals surface area contributed by atoms with E-state index in [1.807, 2.05) is 0 Å². The third-order valence-corrected chi connectivity index (χ3v) is 6.24. The summed E-state index contributed by atoms with van der Waals surface area (Å²) in [4.78, 5) is 36.1. The zero-order valence-corrected chi connectivity index (χ0v) is 21.4. The summed E-state index contributed by atoms with van der Waals surface area (Å²) in [5.74, 6) is -0.0981. The number of amides is 1. The maximum absolute atomic E-state index is 12.7. The quantitative estimate of drug-likeness (QED) is 0.149. The number of methoxy groups -OCH3 is 2. The van der Waals surface area contributed by atoms with E-state index >= 15 is 0 Å². The molecule has 0 unspecified atom stereocenters. The van der Waals surface area contributed by atoms with Gasteiger partial charge in [-0.25, -0.2) is 4.79 Å². The molecule has 3 aromatic rings. The van der Waals surface area contributed by atoms with Crippen LogP contribution in [0.1, 0.15) is 22.8 Å². The predicted molar refractivity (Wildman–Crippen MR) is 137 cm³/mol. The first-order valence-corrected chi connectivity index (χ1v) is 11.9. The highest BCUT2D eigenvalue weighted by Crippen LogP contribution is 2.38. The summed E-state index contributed by atoms with van der Waals surface area (Å²) in [7, 11) is 3.03. The van der Waals surface area contributed by atoms with Crippen molar-refractivity contribution in [2.24, 2.45) is 0 Å². The second kappa shape index (κ2) is 11.6. The standard InChI is InChI=1S/C24H21BrN2O7S/c1-4-34-24(29)21-17(15-6-5-7-16(12-15)27(30)31)13-35-23(21)26-20(28)9-8-14-10-18(25)22(33-3)19(11-14)32-2/h5-13H,4H2,1-3H3,(H,26,28). The molecule has 3 rings (SSSR count). The summed E-state index contributed by atoms with van der Waals surface area (Å²) in [6.07, 6.45) is 2.90. The number of nitrogens with zero attached hydrogens (tertiary/aromatic N) is 1. The minimum atomic E-state index is -0.640. The molecule has 1 amide bonds. The molecule has 2 aromatic carbocycles. The molecule has 1 N–H and O–H groups in total. The Morgan fingerprint density at radius 2 is 1.97 bits per heavy atom. The zero-order chi connectivity index (χ0) is 25.5. The van der Waals surface area contributed by atoms with Gasteiger partial charge in [-0.1, -0.05) is 12.1 Å². The minimum absolute atomic E-state index is 0.113. The highest BCUT2D eigenvalue weighted by Gasteiger charge is 2.23. The molecule has 1 aromatic heterocycles. The molecule has 1 heterocycles. The lowest BCUT2D eigenvalue weighted by Gasteiger charge is -2.10. The Hall–Kier alpha value is -3.70. The second-order valence-electron chi connectivity index (χ2n) is 6.94. The van der Waals surface area contributed by atoms with Crippen LogP contribution in [0.15, 0.2) is 52.3 Å². The zero-order valence-electron chi connectivity index (χ0n) is 19.0. The van der Waals surface area contributed by atoms with Crippen molar-refractivity contribution in [3.05, 3.63) is 73.6 Å². The maximum Gasteiger partial charge on any atom is 0.341 e. The molecule has 0 aliphatic rings. The fourth-order valence-corrected chi connectivity index (χ4v) is 4.80. The van der Waals surface area contributed by atoms with Gasteiger partial charge in [-0.15, -0.1) is 11.3 Å². The number of hydrogen-bond donors (Lipinski definition) is 1. The Kier molecular flexibility index (Phi) is 8.61. The number of hydrogen-bond acceptors (Lipinski definition) is 8. The summed E-state index contributed by atoms with van der Waals surface area (Å²) in [6, 6.07) is 9.38. The van der Waals surface area contributed by atoms with Gasteiger partial charge in [-0.05, 0) is 52.2 Å². The number of esters is 1. The molecule has 0 bridgehead atoms. The van der Waals surface area contributed by atoms with Crippen LogP contribution < -0.4 is 14.8 Å². The molecular formula is C24H21BrN2O7S. The van der Waals surface area contributed by atoms with E-state index in [0.717, 1.165) is 11.3 Å². The number of non-ortho nitro benzene ring substituents is 1. The average molecular weight is 561 g/mol. The number of carbonyl (C=O) groups excluding carboxylic acids is 2. The van der Waals surface area contributed by atoms with Gasteiger partial charge in [0.1, 0.15) is 10.6 Å². The first kappa shape index (κ1) is 25.9. The number of carbonyl (C=O) groups is 2. The van der Waals surface area contributed by atoms with Gasteiger partial charge in [0.15, 0.2) is 11.5 Å². The van der Waals surface area contributed by atoms with Crippen LogP contribution in [0, 0.1) is 10.1 Å². The first-order chi connectivity index (χ1) is 16.8. The molecule has 11 heteroatoms. The van der Waals surface area contributed by atoms with Gasteiger partial charge in [0.2, 0.25) is 5.91 Å². The number of nitro benzene ring substituents is 1. The van der Waals surface area contributed by atoms with Gasteiger partial charge in [-0.3, -0.25) is 14.9 Å². The SMILES string of the molecule is CCOC(=O)c1c(-c2cccc([N+](=O)[O-])c2)csc1NC(=O)C=Cc1cc(Br)c(OC)c(OC)c1. The maximum atomic E-state index is 12.7.